The largest absolute Gasteiger partial charge is 0.355 e. The van der Waals surface area contributed by atoms with Gasteiger partial charge in [-0.3, -0.25) is 4.79 Å². The molecule has 0 radical (unpaired) electrons. The van der Waals surface area contributed by atoms with Gasteiger partial charge in [-0.05, 0) is 37.3 Å². The Morgan fingerprint density at radius 2 is 2.35 bits per heavy atom. The van der Waals surface area contributed by atoms with Crippen molar-refractivity contribution in [2.45, 2.75) is 51.0 Å². The maximum absolute atomic E-state index is 11.9. The van der Waals surface area contributed by atoms with Crippen LogP contribution in [0.1, 0.15) is 44.4 Å². The highest BCUT2D eigenvalue weighted by atomic mass is 35.5. The van der Waals surface area contributed by atoms with Crippen LogP contribution < -0.4 is 10.6 Å². The van der Waals surface area contributed by atoms with Crippen molar-refractivity contribution in [3.05, 3.63) is 22.4 Å². The van der Waals surface area contributed by atoms with E-state index in [0.717, 1.165) is 13.0 Å². The summed E-state index contributed by atoms with van der Waals surface area (Å²) in [5.41, 5.74) is 0.0232. The number of rotatable bonds is 6. The Morgan fingerprint density at radius 1 is 1.55 bits per heavy atom. The fourth-order valence-corrected chi connectivity index (χ4v) is 3.32. The van der Waals surface area contributed by atoms with Crippen LogP contribution >= 0.6 is 23.7 Å². The first kappa shape index (κ1) is 17.5. The van der Waals surface area contributed by atoms with Gasteiger partial charge < -0.3 is 10.6 Å². The molecular weight excluding hydrogens is 292 g/mol. The van der Waals surface area contributed by atoms with Gasteiger partial charge in [-0.25, -0.2) is 0 Å². The van der Waals surface area contributed by atoms with Crippen LogP contribution in [0, 0.1) is 0 Å². The number of carbonyl (C=O) groups is 1. The maximum Gasteiger partial charge on any atom is 0.220 e. The molecule has 1 fully saturated rings. The molecule has 0 bridgehead atoms. The number of nitrogens with one attached hydrogen (secondary N) is 2. The van der Waals surface area contributed by atoms with E-state index in [-0.39, 0.29) is 23.7 Å². The molecule has 1 atom stereocenters. The summed E-state index contributed by atoms with van der Waals surface area (Å²) in [6.45, 7) is 6.18. The average molecular weight is 317 g/mol. The molecule has 114 valence electrons. The molecular formula is C15H25ClN2OS. The minimum absolute atomic E-state index is 0. The van der Waals surface area contributed by atoms with Crippen molar-refractivity contribution >= 4 is 29.7 Å². The second-order valence-corrected chi connectivity index (χ2v) is 6.92. The van der Waals surface area contributed by atoms with Gasteiger partial charge in [0.15, 0.2) is 0 Å². The van der Waals surface area contributed by atoms with Crippen LogP contribution in [0.25, 0.3) is 0 Å². The zero-order valence-corrected chi connectivity index (χ0v) is 13.9. The Balaban J connectivity index is 0.00000200. The highest BCUT2D eigenvalue weighted by Crippen LogP contribution is 2.26. The molecule has 1 saturated heterocycles. The lowest BCUT2D eigenvalue weighted by atomic mass is 9.91. The van der Waals surface area contributed by atoms with E-state index >= 15 is 0 Å². The molecule has 1 aliphatic heterocycles. The number of amides is 1. The van der Waals surface area contributed by atoms with Crippen molar-refractivity contribution in [2.75, 3.05) is 13.1 Å². The van der Waals surface area contributed by atoms with Crippen LogP contribution in [0.5, 0.6) is 0 Å². The molecule has 1 aliphatic rings. The summed E-state index contributed by atoms with van der Waals surface area (Å²) >= 11 is 1.75. The van der Waals surface area contributed by atoms with Crippen LogP contribution in [0.4, 0.5) is 0 Å². The second-order valence-electron chi connectivity index (χ2n) is 5.97. The van der Waals surface area contributed by atoms with Gasteiger partial charge in [0.1, 0.15) is 0 Å². The minimum Gasteiger partial charge on any atom is -0.355 e. The van der Waals surface area contributed by atoms with Crippen molar-refractivity contribution in [3.63, 3.8) is 0 Å². The predicted molar refractivity (Wildman–Crippen MR) is 87.9 cm³/mol. The molecule has 1 aromatic rings. The van der Waals surface area contributed by atoms with Gasteiger partial charge >= 0.3 is 0 Å². The number of hydrogen-bond acceptors (Lipinski definition) is 3. The average Bonchev–Trinajstić information content (AvgIpc) is 3.06. The molecule has 1 amide bonds. The summed E-state index contributed by atoms with van der Waals surface area (Å²) < 4.78 is 0. The smallest absolute Gasteiger partial charge is 0.220 e. The molecule has 0 aromatic carbocycles. The molecule has 1 aromatic heterocycles. The first-order valence-corrected chi connectivity index (χ1v) is 8.00. The molecule has 1 unspecified atom stereocenters. The van der Waals surface area contributed by atoms with Crippen LogP contribution in [0.3, 0.4) is 0 Å². The second kappa shape index (κ2) is 8.01. The van der Waals surface area contributed by atoms with E-state index < -0.39 is 0 Å². The zero-order chi connectivity index (χ0) is 13.7. The minimum atomic E-state index is 0. The topological polar surface area (TPSA) is 41.1 Å². The highest BCUT2D eigenvalue weighted by molar-refractivity contribution is 7.10. The number of halogens is 1. The van der Waals surface area contributed by atoms with Gasteiger partial charge in [0.25, 0.3) is 0 Å². The van der Waals surface area contributed by atoms with E-state index in [9.17, 15) is 4.79 Å². The molecule has 2 rings (SSSR count). The maximum atomic E-state index is 11.9. The molecule has 3 nitrogen and oxygen atoms in total. The van der Waals surface area contributed by atoms with Gasteiger partial charge in [0.2, 0.25) is 5.91 Å². The van der Waals surface area contributed by atoms with Crippen LogP contribution in [-0.2, 0) is 10.2 Å². The summed E-state index contributed by atoms with van der Waals surface area (Å²) in [4.78, 5) is 13.2. The fourth-order valence-electron chi connectivity index (χ4n) is 2.47. The lowest BCUT2D eigenvalue weighted by Crippen LogP contribution is -2.36. The highest BCUT2D eigenvalue weighted by Gasteiger charge is 2.22. The molecule has 5 heteroatoms. The van der Waals surface area contributed by atoms with Gasteiger partial charge in [0.05, 0.1) is 0 Å². The van der Waals surface area contributed by atoms with Gasteiger partial charge in [-0.15, -0.1) is 23.7 Å². The number of carbonyl (C=O) groups excluding carboxylic acids is 1. The zero-order valence-electron chi connectivity index (χ0n) is 12.3. The van der Waals surface area contributed by atoms with E-state index in [1.54, 1.807) is 11.3 Å². The van der Waals surface area contributed by atoms with Gasteiger partial charge in [-0.1, -0.05) is 19.9 Å². The Morgan fingerprint density at radius 3 is 2.95 bits per heavy atom. The van der Waals surface area contributed by atoms with Crippen molar-refractivity contribution in [1.29, 1.82) is 0 Å². The number of thiophene rings is 1. The lowest BCUT2D eigenvalue weighted by molar-refractivity contribution is -0.121. The van der Waals surface area contributed by atoms with Crippen LogP contribution in [0.2, 0.25) is 0 Å². The standard InChI is InChI=1S/C15H24N2OS.ClH/c1-15(2,13-6-4-10-19-13)11-17-14(18)8-7-12-5-3-9-16-12;/h4,6,10,12,16H,3,5,7-9,11H2,1-2H3,(H,17,18);1H. The fraction of sp³-hybridized carbons (Fsp3) is 0.667. The molecule has 2 heterocycles. The van der Waals surface area contributed by atoms with Crippen molar-refractivity contribution in [2.24, 2.45) is 0 Å². The molecule has 2 N–H and O–H groups in total. The van der Waals surface area contributed by atoms with Gasteiger partial charge in [0, 0.05) is 29.3 Å². The summed E-state index contributed by atoms with van der Waals surface area (Å²) in [5, 5.41) is 8.59. The molecule has 0 spiro atoms. The van der Waals surface area contributed by atoms with E-state index in [4.69, 9.17) is 0 Å². The normalized spacial score (nSPS) is 18.6. The Bertz CT molecular complexity index is 400. The van der Waals surface area contributed by atoms with Crippen molar-refractivity contribution in [1.82, 2.24) is 10.6 Å². The SMILES string of the molecule is CC(C)(CNC(=O)CCC1CCCN1)c1cccs1.Cl. The van der Waals surface area contributed by atoms with E-state index in [0.29, 0.717) is 19.0 Å². The van der Waals surface area contributed by atoms with Crippen molar-refractivity contribution in [3.8, 4) is 0 Å². The van der Waals surface area contributed by atoms with E-state index in [2.05, 4.69) is 42.0 Å². The van der Waals surface area contributed by atoms with Crippen LogP contribution in [0.15, 0.2) is 17.5 Å². The Kier molecular flexibility index (Phi) is 7.00. The first-order chi connectivity index (χ1) is 9.08. The monoisotopic (exact) mass is 316 g/mol. The molecule has 0 aliphatic carbocycles. The summed E-state index contributed by atoms with van der Waals surface area (Å²) in [7, 11) is 0. The lowest BCUT2D eigenvalue weighted by Gasteiger charge is -2.23. The third-order valence-corrected chi connectivity index (χ3v) is 5.03. The molecule has 20 heavy (non-hydrogen) atoms. The van der Waals surface area contributed by atoms with Gasteiger partial charge in [-0.2, -0.15) is 0 Å². The van der Waals surface area contributed by atoms with E-state index in [1.807, 2.05) is 0 Å². The third kappa shape index (κ3) is 5.08. The van der Waals surface area contributed by atoms with Crippen molar-refractivity contribution < 1.29 is 4.79 Å². The summed E-state index contributed by atoms with van der Waals surface area (Å²) in [6, 6.07) is 4.75. The Hall–Kier alpha value is -0.580. The predicted octanol–water partition coefficient (Wildman–Crippen LogP) is 3.10. The summed E-state index contributed by atoms with van der Waals surface area (Å²) in [6.07, 6.45) is 4.06. The quantitative estimate of drug-likeness (QED) is 0.846. The van der Waals surface area contributed by atoms with Crippen LogP contribution in [-0.4, -0.2) is 25.0 Å². The van der Waals surface area contributed by atoms with E-state index in [1.165, 1.54) is 17.7 Å². The first-order valence-electron chi connectivity index (χ1n) is 7.12. The Labute approximate surface area is 131 Å². The third-order valence-electron chi connectivity index (χ3n) is 3.80. The molecule has 0 saturated carbocycles. The number of hydrogen-bond donors (Lipinski definition) is 2. The summed E-state index contributed by atoms with van der Waals surface area (Å²) in [5.74, 6) is 0.179.